The Morgan fingerprint density at radius 2 is 2.43 bits per heavy atom. The highest BCUT2D eigenvalue weighted by Crippen LogP contribution is 1.87. The molecule has 2 amide bonds. The number of aromatic amines is 1. The van der Waals surface area contributed by atoms with Crippen LogP contribution in [0.4, 0.5) is 10.7 Å². The van der Waals surface area contributed by atoms with Gasteiger partial charge in [0, 0.05) is 6.54 Å². The normalized spacial score (nSPS) is 11.4. The third-order valence-corrected chi connectivity index (χ3v) is 1.65. The molecule has 0 atom stereocenters. The Kier molecular flexibility index (Phi) is 3.28. The molecule has 0 saturated carbocycles. The Morgan fingerprint density at radius 1 is 1.71 bits per heavy atom. The molecule has 0 aromatic carbocycles. The number of hydrogen-bond donors (Lipinski definition) is 3. The summed E-state index contributed by atoms with van der Waals surface area (Å²) in [5.41, 5.74) is 0. The van der Waals surface area contributed by atoms with Crippen LogP contribution in [0.25, 0.3) is 12.7 Å². The summed E-state index contributed by atoms with van der Waals surface area (Å²) in [5, 5.41) is 6.60. The van der Waals surface area contributed by atoms with Crippen molar-refractivity contribution in [2.45, 2.75) is 13.8 Å². The second kappa shape index (κ2) is 4.45. The Labute approximate surface area is 81.9 Å². The number of nitrogens with zero attached hydrogens (tertiary/aromatic N) is 1. The first-order valence-corrected chi connectivity index (χ1v) is 4.43. The van der Waals surface area contributed by atoms with Gasteiger partial charge in [0.05, 0.1) is 10.7 Å². The number of amides is 2. The predicted molar refractivity (Wildman–Crippen MR) is 56.2 cm³/mol. The van der Waals surface area contributed by atoms with Gasteiger partial charge >= 0.3 is 6.03 Å². The largest absolute Gasteiger partial charge is 0.338 e. The third kappa shape index (κ3) is 2.35. The van der Waals surface area contributed by atoms with Gasteiger partial charge in [-0.3, -0.25) is 5.32 Å². The molecule has 0 aliphatic rings. The molecular weight excluding hydrogens is 180 g/mol. The van der Waals surface area contributed by atoms with Gasteiger partial charge in [0.2, 0.25) is 5.95 Å². The second-order valence-electron chi connectivity index (χ2n) is 2.72. The molecule has 1 aromatic heterocycles. The average molecular weight is 194 g/mol. The van der Waals surface area contributed by atoms with Crippen LogP contribution < -0.4 is 21.3 Å². The SMILES string of the molecule is C=c1[nH]c(NC(=O)NCC)n/c1=C/C. The molecule has 0 aliphatic heterocycles. The molecule has 0 saturated heterocycles. The van der Waals surface area contributed by atoms with Crippen LogP contribution in [0, 0.1) is 0 Å². The number of rotatable bonds is 2. The maximum absolute atomic E-state index is 11.1. The standard InChI is InChI=1S/C9H14N4O/c1-4-7-6(3)11-8(12-7)13-9(14)10-5-2/h4H,3,5H2,1-2H3,(H3,10,11,12,13,14)/b7-4+. The van der Waals surface area contributed by atoms with Crippen molar-refractivity contribution in [3.63, 3.8) is 0 Å². The topological polar surface area (TPSA) is 69.8 Å². The molecule has 0 bridgehead atoms. The van der Waals surface area contributed by atoms with E-state index in [0.717, 1.165) is 5.35 Å². The minimum atomic E-state index is -0.274. The fourth-order valence-electron chi connectivity index (χ4n) is 1.03. The fraction of sp³-hybridized carbons (Fsp3) is 0.333. The molecule has 5 heteroatoms. The van der Waals surface area contributed by atoms with Crippen LogP contribution in [-0.2, 0) is 0 Å². The lowest BCUT2D eigenvalue weighted by atomic mass is 10.5. The number of aromatic nitrogens is 2. The lowest BCUT2D eigenvalue weighted by Gasteiger charge is -2.00. The number of carbonyl (C=O) groups excluding carboxylic acids is 1. The third-order valence-electron chi connectivity index (χ3n) is 1.65. The van der Waals surface area contributed by atoms with Crippen LogP contribution >= 0.6 is 0 Å². The van der Waals surface area contributed by atoms with Crippen LogP contribution in [0.1, 0.15) is 13.8 Å². The predicted octanol–water partition coefficient (Wildman–Crippen LogP) is -0.238. The van der Waals surface area contributed by atoms with Crippen molar-refractivity contribution in [2.75, 3.05) is 11.9 Å². The van der Waals surface area contributed by atoms with Crippen molar-refractivity contribution in [1.29, 1.82) is 0 Å². The number of hydrogen-bond acceptors (Lipinski definition) is 2. The second-order valence-corrected chi connectivity index (χ2v) is 2.72. The maximum Gasteiger partial charge on any atom is 0.321 e. The first kappa shape index (κ1) is 10.3. The monoisotopic (exact) mass is 194 g/mol. The van der Waals surface area contributed by atoms with Crippen molar-refractivity contribution in [1.82, 2.24) is 15.3 Å². The van der Waals surface area contributed by atoms with Gasteiger partial charge < -0.3 is 10.3 Å². The minimum Gasteiger partial charge on any atom is -0.338 e. The lowest BCUT2D eigenvalue weighted by Crippen LogP contribution is -2.28. The summed E-state index contributed by atoms with van der Waals surface area (Å²) in [6, 6.07) is -0.274. The number of imidazole rings is 1. The van der Waals surface area contributed by atoms with E-state index in [0.29, 0.717) is 17.8 Å². The smallest absolute Gasteiger partial charge is 0.321 e. The van der Waals surface area contributed by atoms with Gasteiger partial charge in [-0.2, -0.15) is 0 Å². The number of anilines is 1. The maximum atomic E-state index is 11.1. The van der Waals surface area contributed by atoms with Crippen LogP contribution in [0.2, 0.25) is 0 Å². The number of carbonyl (C=O) groups is 1. The summed E-state index contributed by atoms with van der Waals surface area (Å²) < 4.78 is 0. The number of urea groups is 1. The Hall–Kier alpha value is -1.78. The van der Waals surface area contributed by atoms with E-state index in [2.05, 4.69) is 27.2 Å². The van der Waals surface area contributed by atoms with Crippen molar-refractivity contribution in [3.05, 3.63) is 10.7 Å². The molecule has 0 aliphatic carbocycles. The van der Waals surface area contributed by atoms with E-state index in [4.69, 9.17) is 0 Å². The van der Waals surface area contributed by atoms with Gasteiger partial charge in [-0.1, -0.05) is 12.7 Å². The summed E-state index contributed by atoms with van der Waals surface area (Å²) in [6.45, 7) is 8.03. The molecule has 14 heavy (non-hydrogen) atoms. The Balaban J connectivity index is 2.79. The summed E-state index contributed by atoms with van der Waals surface area (Å²) >= 11 is 0. The van der Waals surface area contributed by atoms with E-state index < -0.39 is 0 Å². The summed E-state index contributed by atoms with van der Waals surface area (Å²) in [7, 11) is 0. The van der Waals surface area contributed by atoms with Crippen molar-refractivity contribution in [2.24, 2.45) is 0 Å². The van der Waals surface area contributed by atoms with Crippen LogP contribution in [0.5, 0.6) is 0 Å². The zero-order valence-corrected chi connectivity index (χ0v) is 8.35. The summed E-state index contributed by atoms with van der Waals surface area (Å²) in [5.74, 6) is 0.411. The van der Waals surface area contributed by atoms with Gasteiger partial charge in [0.1, 0.15) is 0 Å². The lowest BCUT2D eigenvalue weighted by molar-refractivity contribution is 0.252. The molecule has 1 heterocycles. The average Bonchev–Trinajstić information content (AvgIpc) is 2.46. The molecule has 3 N–H and O–H groups in total. The highest BCUT2D eigenvalue weighted by molar-refractivity contribution is 5.87. The van der Waals surface area contributed by atoms with Gasteiger partial charge in [0.25, 0.3) is 0 Å². The summed E-state index contributed by atoms with van der Waals surface area (Å²) in [6.07, 6.45) is 1.82. The van der Waals surface area contributed by atoms with Crippen LogP contribution in [0.3, 0.4) is 0 Å². The first-order valence-electron chi connectivity index (χ1n) is 4.43. The summed E-state index contributed by atoms with van der Waals surface area (Å²) in [4.78, 5) is 18.1. The first-order chi connectivity index (χ1) is 6.67. The van der Waals surface area contributed by atoms with Crippen molar-refractivity contribution < 1.29 is 4.79 Å². The molecule has 1 rings (SSSR count). The van der Waals surface area contributed by atoms with Gasteiger partial charge in [-0.25, -0.2) is 9.78 Å². The van der Waals surface area contributed by atoms with E-state index in [1.54, 1.807) is 0 Å². The van der Waals surface area contributed by atoms with E-state index in [1.807, 2.05) is 19.9 Å². The molecule has 0 fully saturated rings. The van der Waals surface area contributed by atoms with Crippen molar-refractivity contribution >= 4 is 24.6 Å². The van der Waals surface area contributed by atoms with Gasteiger partial charge in [-0.05, 0) is 13.8 Å². The zero-order valence-electron chi connectivity index (χ0n) is 8.35. The Bertz CT molecular complexity index is 421. The molecule has 1 aromatic rings. The minimum absolute atomic E-state index is 0.274. The Morgan fingerprint density at radius 3 is 2.93 bits per heavy atom. The highest BCUT2D eigenvalue weighted by atomic mass is 16.2. The number of nitrogens with one attached hydrogen (secondary N) is 3. The molecular formula is C9H14N4O. The quantitative estimate of drug-likeness (QED) is 0.608. The van der Waals surface area contributed by atoms with Gasteiger partial charge in [-0.15, -0.1) is 0 Å². The zero-order chi connectivity index (χ0) is 10.6. The molecule has 0 radical (unpaired) electrons. The van der Waals surface area contributed by atoms with E-state index in [-0.39, 0.29) is 6.03 Å². The molecule has 5 nitrogen and oxygen atoms in total. The fourth-order valence-corrected chi connectivity index (χ4v) is 1.03. The van der Waals surface area contributed by atoms with Crippen LogP contribution in [-0.4, -0.2) is 22.5 Å². The van der Waals surface area contributed by atoms with Crippen LogP contribution in [0.15, 0.2) is 0 Å². The van der Waals surface area contributed by atoms with Gasteiger partial charge in [0.15, 0.2) is 0 Å². The molecule has 76 valence electrons. The van der Waals surface area contributed by atoms with E-state index in [9.17, 15) is 4.79 Å². The van der Waals surface area contributed by atoms with E-state index in [1.165, 1.54) is 0 Å². The van der Waals surface area contributed by atoms with Crippen molar-refractivity contribution in [3.8, 4) is 0 Å². The van der Waals surface area contributed by atoms with E-state index >= 15 is 0 Å². The molecule has 0 unspecified atom stereocenters. The molecule has 0 spiro atoms. The number of H-pyrrole nitrogens is 1. The highest BCUT2D eigenvalue weighted by Gasteiger charge is 2.01.